The average Bonchev–Trinajstić information content (AvgIpc) is 2.67. The topological polar surface area (TPSA) is 64.0 Å². The number of carbonyl (C=O) groups excluding carboxylic acids is 1. The quantitative estimate of drug-likeness (QED) is 0.589. The predicted octanol–water partition coefficient (Wildman–Crippen LogP) is 3.71. The first-order chi connectivity index (χ1) is 13.0. The molecule has 0 saturated carbocycles. The number of hydrogen-bond acceptors (Lipinski definition) is 4. The van der Waals surface area contributed by atoms with Crippen LogP contribution in [-0.4, -0.2) is 21.2 Å². The molecule has 1 aromatic heterocycles. The van der Waals surface area contributed by atoms with Crippen molar-refractivity contribution in [3.63, 3.8) is 0 Å². The van der Waals surface area contributed by atoms with Crippen molar-refractivity contribution in [2.75, 3.05) is 5.75 Å². The monoisotopic (exact) mass is 443 g/mol. The second-order valence-corrected chi connectivity index (χ2v) is 7.81. The molecule has 0 unspecified atom stereocenters. The minimum atomic E-state index is -0.240. The van der Waals surface area contributed by atoms with Crippen molar-refractivity contribution in [3.8, 4) is 5.69 Å². The zero-order chi connectivity index (χ0) is 19.2. The Morgan fingerprint density at radius 1 is 1.15 bits per heavy atom. The van der Waals surface area contributed by atoms with Crippen LogP contribution in [0.25, 0.3) is 5.69 Å². The number of aryl methyl sites for hydroxylation is 1. The van der Waals surface area contributed by atoms with Gasteiger partial charge in [0.05, 0.1) is 5.75 Å². The summed E-state index contributed by atoms with van der Waals surface area (Å²) >= 11 is 4.52. The molecule has 7 heteroatoms. The molecule has 2 aromatic carbocycles. The van der Waals surface area contributed by atoms with Gasteiger partial charge in [0.15, 0.2) is 5.03 Å². The van der Waals surface area contributed by atoms with E-state index in [2.05, 4.69) is 26.2 Å². The molecule has 0 fully saturated rings. The highest BCUT2D eigenvalue weighted by Crippen LogP contribution is 2.15. The fourth-order valence-corrected chi connectivity index (χ4v) is 3.38. The van der Waals surface area contributed by atoms with E-state index in [1.54, 1.807) is 12.4 Å². The van der Waals surface area contributed by atoms with Gasteiger partial charge >= 0.3 is 0 Å². The summed E-state index contributed by atoms with van der Waals surface area (Å²) in [6, 6.07) is 15.4. The third kappa shape index (κ3) is 5.30. The Balaban J connectivity index is 1.61. The molecular weight excluding hydrogens is 426 g/mol. The number of thioether (sulfide) groups is 1. The molecule has 1 heterocycles. The van der Waals surface area contributed by atoms with Crippen molar-refractivity contribution in [2.24, 2.45) is 0 Å². The molecule has 3 aromatic rings. The summed E-state index contributed by atoms with van der Waals surface area (Å²) in [7, 11) is 0. The molecule has 138 valence electrons. The second kappa shape index (κ2) is 9.01. The van der Waals surface area contributed by atoms with E-state index >= 15 is 0 Å². The Kier molecular flexibility index (Phi) is 6.47. The van der Waals surface area contributed by atoms with Gasteiger partial charge in [-0.25, -0.2) is 4.98 Å². The van der Waals surface area contributed by atoms with Gasteiger partial charge in [-0.3, -0.25) is 14.2 Å². The van der Waals surface area contributed by atoms with E-state index in [1.807, 2.05) is 55.5 Å². The maximum absolute atomic E-state index is 12.6. The lowest BCUT2D eigenvalue weighted by Gasteiger charge is -2.08. The van der Waals surface area contributed by atoms with E-state index in [4.69, 9.17) is 0 Å². The minimum Gasteiger partial charge on any atom is -0.351 e. The smallest absolute Gasteiger partial charge is 0.287 e. The first kappa shape index (κ1) is 19.4. The van der Waals surface area contributed by atoms with Crippen LogP contribution in [0.15, 0.2) is 75.2 Å². The molecule has 3 rings (SSSR count). The zero-order valence-electron chi connectivity index (χ0n) is 14.7. The molecule has 0 saturated heterocycles. The lowest BCUT2D eigenvalue weighted by atomic mass is 10.1. The van der Waals surface area contributed by atoms with Crippen molar-refractivity contribution in [2.45, 2.75) is 18.5 Å². The van der Waals surface area contributed by atoms with Gasteiger partial charge in [0, 0.05) is 29.1 Å². The molecule has 0 radical (unpaired) electrons. The second-order valence-electron chi connectivity index (χ2n) is 5.93. The van der Waals surface area contributed by atoms with E-state index in [1.165, 1.54) is 10.1 Å². The van der Waals surface area contributed by atoms with Gasteiger partial charge in [0.2, 0.25) is 5.91 Å². The molecule has 27 heavy (non-hydrogen) atoms. The average molecular weight is 444 g/mol. The molecule has 0 aliphatic rings. The van der Waals surface area contributed by atoms with Gasteiger partial charge in [0.1, 0.15) is 0 Å². The lowest BCUT2D eigenvalue weighted by Crippen LogP contribution is -2.26. The van der Waals surface area contributed by atoms with Crippen molar-refractivity contribution in [1.82, 2.24) is 14.9 Å². The fourth-order valence-electron chi connectivity index (χ4n) is 2.39. The standard InChI is InChI=1S/C20H18BrN3O2S/c1-14-2-4-15(5-3-14)12-23-18(25)13-27-19-20(26)24(11-10-22-19)17-8-6-16(21)7-9-17/h2-11H,12-13H2,1H3,(H,23,25). The number of rotatable bonds is 6. The van der Waals surface area contributed by atoms with Crippen molar-refractivity contribution >= 4 is 33.6 Å². The molecule has 0 spiro atoms. The number of nitrogens with one attached hydrogen (secondary N) is 1. The lowest BCUT2D eigenvalue weighted by molar-refractivity contribution is -0.118. The summed E-state index contributed by atoms with van der Waals surface area (Å²) in [5.41, 5.74) is 2.72. The number of hydrogen-bond donors (Lipinski definition) is 1. The van der Waals surface area contributed by atoms with E-state index in [0.717, 1.165) is 27.5 Å². The first-order valence-electron chi connectivity index (χ1n) is 8.31. The molecule has 1 amide bonds. The summed E-state index contributed by atoms with van der Waals surface area (Å²) in [6.45, 7) is 2.48. The third-order valence-corrected chi connectivity index (χ3v) is 5.35. The number of nitrogens with zero attached hydrogens (tertiary/aromatic N) is 2. The van der Waals surface area contributed by atoms with Gasteiger partial charge in [-0.05, 0) is 36.8 Å². The van der Waals surface area contributed by atoms with Crippen LogP contribution in [0.2, 0.25) is 0 Å². The van der Waals surface area contributed by atoms with Gasteiger partial charge in [-0.15, -0.1) is 0 Å². The number of benzene rings is 2. The third-order valence-electron chi connectivity index (χ3n) is 3.86. The van der Waals surface area contributed by atoms with Crippen molar-refractivity contribution in [1.29, 1.82) is 0 Å². The van der Waals surface area contributed by atoms with Crippen molar-refractivity contribution in [3.05, 3.63) is 86.9 Å². The maximum Gasteiger partial charge on any atom is 0.287 e. The van der Waals surface area contributed by atoms with E-state index in [9.17, 15) is 9.59 Å². The van der Waals surface area contributed by atoms with Crippen LogP contribution in [0.3, 0.4) is 0 Å². The predicted molar refractivity (Wildman–Crippen MR) is 111 cm³/mol. The zero-order valence-corrected chi connectivity index (χ0v) is 17.1. The maximum atomic E-state index is 12.6. The normalized spacial score (nSPS) is 10.6. The largest absolute Gasteiger partial charge is 0.351 e. The van der Waals surface area contributed by atoms with E-state index in [-0.39, 0.29) is 17.2 Å². The summed E-state index contributed by atoms with van der Waals surface area (Å²) < 4.78 is 2.46. The molecule has 0 bridgehead atoms. The highest BCUT2D eigenvalue weighted by Gasteiger charge is 2.10. The Morgan fingerprint density at radius 2 is 1.85 bits per heavy atom. The minimum absolute atomic E-state index is 0.137. The number of amides is 1. The number of aromatic nitrogens is 2. The van der Waals surface area contributed by atoms with Crippen LogP contribution < -0.4 is 10.9 Å². The molecular formula is C20H18BrN3O2S. The van der Waals surface area contributed by atoms with Crippen LogP contribution >= 0.6 is 27.7 Å². The highest BCUT2D eigenvalue weighted by molar-refractivity contribution is 9.10. The Morgan fingerprint density at radius 3 is 2.56 bits per heavy atom. The Bertz CT molecular complexity index is 985. The summed E-state index contributed by atoms with van der Waals surface area (Å²) in [5, 5.41) is 3.16. The van der Waals surface area contributed by atoms with Crippen LogP contribution in [0.1, 0.15) is 11.1 Å². The van der Waals surface area contributed by atoms with E-state index < -0.39 is 0 Å². The summed E-state index contributed by atoms with van der Waals surface area (Å²) in [5.74, 6) is -0.000776. The molecule has 1 N–H and O–H groups in total. The van der Waals surface area contributed by atoms with Gasteiger partial charge in [-0.2, -0.15) is 0 Å². The van der Waals surface area contributed by atoms with Crippen LogP contribution in [0.5, 0.6) is 0 Å². The van der Waals surface area contributed by atoms with Gasteiger partial charge in [0.25, 0.3) is 5.56 Å². The van der Waals surface area contributed by atoms with Crippen LogP contribution in [-0.2, 0) is 11.3 Å². The van der Waals surface area contributed by atoms with Crippen LogP contribution in [0, 0.1) is 6.92 Å². The first-order valence-corrected chi connectivity index (χ1v) is 10.1. The fraction of sp³-hybridized carbons (Fsp3) is 0.150. The molecule has 0 atom stereocenters. The van der Waals surface area contributed by atoms with Gasteiger partial charge in [-0.1, -0.05) is 57.5 Å². The van der Waals surface area contributed by atoms with Crippen molar-refractivity contribution < 1.29 is 4.79 Å². The van der Waals surface area contributed by atoms with Gasteiger partial charge < -0.3 is 5.32 Å². The summed E-state index contributed by atoms with van der Waals surface area (Å²) in [4.78, 5) is 28.8. The van der Waals surface area contributed by atoms with Crippen LogP contribution in [0.4, 0.5) is 0 Å². The molecule has 0 aliphatic carbocycles. The number of carbonyl (C=O) groups is 1. The molecule has 5 nitrogen and oxygen atoms in total. The van der Waals surface area contributed by atoms with E-state index in [0.29, 0.717) is 11.6 Å². The SMILES string of the molecule is Cc1ccc(CNC(=O)CSc2nccn(-c3ccc(Br)cc3)c2=O)cc1. The summed E-state index contributed by atoms with van der Waals surface area (Å²) in [6.07, 6.45) is 3.18. The Labute approximate surface area is 170 Å². The molecule has 0 aliphatic heterocycles. The Hall–Kier alpha value is -2.38. The highest BCUT2D eigenvalue weighted by atomic mass is 79.9. The number of halogens is 1.